The zero-order chi connectivity index (χ0) is 39.1. The van der Waals surface area contributed by atoms with Gasteiger partial charge in [-0.05, 0) is 104 Å². The Kier molecular flexibility index (Phi) is 9.04. The minimum Gasteiger partial charge on any atom is -0.437 e. The van der Waals surface area contributed by atoms with E-state index in [-0.39, 0.29) is 17.4 Å². The fourth-order valence-electron chi connectivity index (χ4n) is 9.58. The Bertz CT molecular complexity index is 2580. The van der Waals surface area contributed by atoms with Gasteiger partial charge in [-0.25, -0.2) is 9.56 Å². The molecule has 0 spiro atoms. The van der Waals surface area contributed by atoms with Gasteiger partial charge in [-0.3, -0.25) is 0 Å². The van der Waals surface area contributed by atoms with E-state index in [0.29, 0.717) is 5.71 Å². The highest BCUT2D eigenvalue weighted by atomic mass is 28.3. The Balaban J connectivity index is 1.41. The van der Waals surface area contributed by atoms with Crippen molar-refractivity contribution in [2.45, 2.75) is 104 Å². The lowest BCUT2D eigenvalue weighted by atomic mass is 9.78. The van der Waals surface area contributed by atoms with Crippen molar-refractivity contribution >= 4 is 41.6 Å². The maximum absolute atomic E-state index is 7.08. The number of aryl methyl sites for hydroxylation is 5. The van der Waals surface area contributed by atoms with E-state index >= 15 is 0 Å². The van der Waals surface area contributed by atoms with Crippen LogP contribution in [0.4, 0.5) is 0 Å². The summed E-state index contributed by atoms with van der Waals surface area (Å²) >= 11 is 0. The minimum absolute atomic E-state index is 0.0487. The van der Waals surface area contributed by atoms with E-state index in [0.717, 1.165) is 58.4 Å². The SMILES string of the molecule is C=CC1=[N+](CC[Si](C)(C)C)C2C(=C)[n+]3ccc(C(C)(C)C)cc3-c3c(cc(C)c4c3oc3nc(-c5c(C)cc(C)cc5C)ccc34)CCC2c2ccccc21. The second-order valence-corrected chi connectivity index (χ2v) is 24.2. The number of allylic oxidation sites excluding steroid dienone is 1. The summed E-state index contributed by atoms with van der Waals surface area (Å²) in [4.78, 5) is 5.26. The Morgan fingerprint density at radius 1 is 0.909 bits per heavy atom. The summed E-state index contributed by atoms with van der Waals surface area (Å²) in [5, 5.41) is 2.20. The molecule has 280 valence electrons. The van der Waals surface area contributed by atoms with E-state index in [1.165, 1.54) is 61.8 Å². The molecule has 0 fully saturated rings. The number of pyridine rings is 2. The molecule has 0 radical (unpaired) electrons. The molecule has 5 heteroatoms. The molecule has 2 aliphatic heterocycles. The maximum atomic E-state index is 7.08. The first-order valence-corrected chi connectivity index (χ1v) is 23.8. The van der Waals surface area contributed by atoms with Crippen LogP contribution in [0.2, 0.25) is 25.7 Å². The predicted octanol–water partition coefficient (Wildman–Crippen LogP) is 12.0. The highest BCUT2D eigenvalue weighted by Crippen LogP contribution is 2.45. The van der Waals surface area contributed by atoms with Gasteiger partial charge in [0.15, 0.2) is 11.8 Å². The van der Waals surface area contributed by atoms with Gasteiger partial charge >= 0.3 is 0 Å². The number of hydrogen-bond acceptors (Lipinski definition) is 2. The van der Waals surface area contributed by atoms with Crippen LogP contribution < -0.4 is 4.57 Å². The summed E-state index contributed by atoms with van der Waals surface area (Å²) in [6.07, 6.45) is 6.27. The number of aromatic nitrogens is 2. The molecule has 4 nitrogen and oxygen atoms in total. The first-order valence-electron chi connectivity index (χ1n) is 20.1. The van der Waals surface area contributed by atoms with Crippen LogP contribution in [0.25, 0.3) is 50.3 Å². The molecule has 55 heavy (non-hydrogen) atoms. The topological polar surface area (TPSA) is 32.9 Å². The normalized spacial score (nSPS) is 17.3. The van der Waals surface area contributed by atoms with Crippen LogP contribution in [-0.2, 0) is 11.8 Å². The minimum atomic E-state index is -1.37. The van der Waals surface area contributed by atoms with Crippen molar-refractivity contribution in [1.29, 1.82) is 0 Å². The van der Waals surface area contributed by atoms with Crippen molar-refractivity contribution in [2.24, 2.45) is 0 Å². The van der Waals surface area contributed by atoms with Gasteiger partial charge in [0, 0.05) is 46.2 Å². The van der Waals surface area contributed by atoms with Gasteiger partial charge < -0.3 is 4.42 Å². The van der Waals surface area contributed by atoms with Crippen molar-refractivity contribution in [3.05, 3.63) is 137 Å². The molecule has 0 bridgehead atoms. The van der Waals surface area contributed by atoms with Crippen molar-refractivity contribution in [3.63, 3.8) is 0 Å². The average Bonchev–Trinajstić information content (AvgIpc) is 3.51. The zero-order valence-electron chi connectivity index (χ0n) is 34.7. The number of hydrogen-bond donors (Lipinski definition) is 0. The number of nitrogens with zero attached hydrogens (tertiary/aromatic N) is 3. The molecule has 3 aromatic heterocycles. The molecule has 0 amide bonds. The van der Waals surface area contributed by atoms with Gasteiger partial charge in [0.2, 0.25) is 28.9 Å². The van der Waals surface area contributed by atoms with Crippen LogP contribution >= 0.6 is 0 Å². The molecule has 2 aliphatic rings. The summed E-state index contributed by atoms with van der Waals surface area (Å²) < 4.78 is 12.1. The van der Waals surface area contributed by atoms with Gasteiger partial charge in [0.1, 0.15) is 6.54 Å². The Morgan fingerprint density at radius 3 is 2.33 bits per heavy atom. The standard InChI is InChI=1S/C50H57N3OSi/c1-13-42-38-17-15-14-16-37(38)39-19-18-35-28-33(5)45-40-20-21-41(44-31(3)26-30(2)27-32(44)4)51-49(40)54-48(45)46(35)43-29-36(50(7,8)9)22-23-52(43)34(6)47(39)53(42)24-25-55(10,11)12/h13-17,20-23,26-29,39,47H,1,6,18-19,24-25H2,2-5,7-12H3/q+2. The molecule has 2 unspecified atom stereocenters. The maximum Gasteiger partial charge on any atom is 0.249 e. The zero-order valence-corrected chi connectivity index (χ0v) is 35.7. The summed E-state index contributed by atoms with van der Waals surface area (Å²) in [6, 6.07) is 26.3. The van der Waals surface area contributed by atoms with Crippen LogP contribution in [0.15, 0.2) is 96.6 Å². The van der Waals surface area contributed by atoms with E-state index in [1.54, 1.807) is 0 Å². The van der Waals surface area contributed by atoms with Crippen molar-refractivity contribution in [1.82, 2.24) is 4.98 Å². The molecule has 0 aliphatic carbocycles. The van der Waals surface area contributed by atoms with Gasteiger partial charge in [-0.15, -0.1) is 0 Å². The second kappa shape index (κ2) is 13.4. The van der Waals surface area contributed by atoms with E-state index in [1.807, 2.05) is 0 Å². The molecule has 8 rings (SSSR count). The van der Waals surface area contributed by atoms with Gasteiger partial charge in [0.25, 0.3) is 0 Å². The fraction of sp³-hybridized carbons (Fsp3) is 0.340. The van der Waals surface area contributed by atoms with Crippen LogP contribution in [0.3, 0.4) is 0 Å². The third-order valence-electron chi connectivity index (χ3n) is 12.2. The second-order valence-electron chi connectivity index (χ2n) is 18.5. The van der Waals surface area contributed by atoms with Crippen LogP contribution in [0.5, 0.6) is 0 Å². The number of furan rings is 1. The third-order valence-corrected chi connectivity index (χ3v) is 14.0. The first kappa shape index (κ1) is 37.1. The van der Waals surface area contributed by atoms with Crippen molar-refractivity contribution in [3.8, 4) is 22.5 Å². The largest absolute Gasteiger partial charge is 0.437 e. The molecular formula is C50H57N3OSi+2. The fourth-order valence-corrected chi connectivity index (χ4v) is 10.5. The van der Waals surface area contributed by atoms with Gasteiger partial charge in [-0.2, -0.15) is 4.57 Å². The summed E-state index contributed by atoms with van der Waals surface area (Å²) in [5.74, 6) is 0.250. The lowest BCUT2D eigenvalue weighted by molar-refractivity contribution is -0.622. The number of benzene rings is 3. The van der Waals surface area contributed by atoms with Gasteiger partial charge in [-0.1, -0.05) is 89.0 Å². The Morgan fingerprint density at radius 2 is 1.64 bits per heavy atom. The lowest BCUT2D eigenvalue weighted by Crippen LogP contribution is -2.50. The van der Waals surface area contributed by atoms with E-state index in [4.69, 9.17) is 16.0 Å². The van der Waals surface area contributed by atoms with Gasteiger partial charge in [0.05, 0.1) is 25.2 Å². The smallest absolute Gasteiger partial charge is 0.249 e. The molecule has 2 atom stereocenters. The van der Waals surface area contributed by atoms with Crippen LogP contribution in [0.1, 0.15) is 77.6 Å². The first-order chi connectivity index (χ1) is 26.1. The van der Waals surface area contributed by atoms with E-state index < -0.39 is 8.07 Å². The Labute approximate surface area is 329 Å². The summed E-state index contributed by atoms with van der Waals surface area (Å²) in [5.41, 5.74) is 18.5. The Hall–Kier alpha value is -4.87. The van der Waals surface area contributed by atoms with E-state index in [2.05, 4.69) is 163 Å². The molecule has 3 aromatic carbocycles. The number of rotatable bonds is 5. The predicted molar refractivity (Wildman–Crippen MR) is 234 cm³/mol. The van der Waals surface area contributed by atoms with E-state index in [9.17, 15) is 0 Å². The van der Waals surface area contributed by atoms with Crippen molar-refractivity contribution in [2.75, 3.05) is 6.54 Å². The molecule has 0 saturated heterocycles. The molecule has 0 N–H and O–H groups in total. The van der Waals surface area contributed by atoms with Crippen LogP contribution in [0, 0.1) is 27.7 Å². The molecular weight excluding hydrogens is 687 g/mol. The lowest BCUT2D eigenvalue weighted by Gasteiger charge is -2.32. The third kappa shape index (κ3) is 6.35. The highest BCUT2D eigenvalue weighted by molar-refractivity contribution is 6.76. The number of fused-ring (bicyclic) bond motifs is 10. The molecule has 6 aromatic rings. The average molecular weight is 744 g/mol. The molecule has 5 heterocycles. The monoisotopic (exact) mass is 743 g/mol. The quantitative estimate of drug-likeness (QED) is 0.130. The molecule has 0 saturated carbocycles. The van der Waals surface area contributed by atoms with Crippen molar-refractivity contribution < 1.29 is 13.6 Å². The summed E-state index contributed by atoms with van der Waals surface area (Å²) in [7, 11) is -1.37. The van der Waals surface area contributed by atoms with Crippen LogP contribution in [-0.4, -0.2) is 35.9 Å². The highest BCUT2D eigenvalue weighted by Gasteiger charge is 2.48. The summed E-state index contributed by atoms with van der Waals surface area (Å²) in [6.45, 7) is 33.5.